The Morgan fingerprint density at radius 2 is 1.48 bits per heavy atom. The molecule has 3 rings (SSSR count). The summed E-state index contributed by atoms with van der Waals surface area (Å²) < 4.78 is 0. The summed E-state index contributed by atoms with van der Waals surface area (Å²) in [5, 5.41) is 2.10. The van der Waals surface area contributed by atoms with Crippen LogP contribution in [0.15, 0.2) is 54.6 Å². The molecule has 0 aliphatic carbocycles. The third-order valence-electron chi connectivity index (χ3n) is 5.53. The lowest BCUT2D eigenvalue weighted by atomic mass is 9.96. The molecule has 0 radical (unpaired) electrons. The summed E-state index contributed by atoms with van der Waals surface area (Å²) in [7, 11) is 0. The molecule has 0 spiro atoms. The fourth-order valence-electron chi connectivity index (χ4n) is 3.98. The Hall–Kier alpha value is -2.98. The molecule has 0 fully saturated rings. The fraction of sp³-hybridized carbons (Fsp3) is 0.280. The van der Waals surface area contributed by atoms with E-state index in [-0.39, 0.29) is 23.7 Å². The molecule has 0 aliphatic rings. The standard InChI is InChI=1S/C25H28N2O2/c1-15-11-13-21(14-12-15)24(20-9-7-6-8-10-20)27-18(4)25(29)23-16(2)22(19(5)28)17(3)26-23/h6-14,18,24,26-27H,1-5H3/p+1/t18-,24-/m0/s1. The van der Waals surface area contributed by atoms with Crippen molar-refractivity contribution < 1.29 is 14.9 Å². The number of aromatic amines is 1. The Kier molecular flexibility index (Phi) is 6.14. The molecule has 0 aliphatic heterocycles. The van der Waals surface area contributed by atoms with E-state index in [4.69, 9.17) is 0 Å². The minimum atomic E-state index is -0.307. The number of carbonyl (C=O) groups is 2. The summed E-state index contributed by atoms with van der Waals surface area (Å²) in [5.41, 5.74) is 6.17. The van der Waals surface area contributed by atoms with Gasteiger partial charge in [0.25, 0.3) is 0 Å². The van der Waals surface area contributed by atoms with E-state index < -0.39 is 0 Å². The van der Waals surface area contributed by atoms with Crippen molar-refractivity contribution in [1.82, 2.24) is 4.98 Å². The van der Waals surface area contributed by atoms with Crippen LogP contribution in [0.3, 0.4) is 0 Å². The zero-order chi connectivity index (χ0) is 21.1. The first kappa shape index (κ1) is 20.7. The van der Waals surface area contributed by atoms with Gasteiger partial charge >= 0.3 is 0 Å². The number of hydrogen-bond donors (Lipinski definition) is 2. The number of aryl methyl sites for hydroxylation is 2. The summed E-state index contributed by atoms with van der Waals surface area (Å²) in [4.78, 5) is 28.3. The molecule has 2 atom stereocenters. The third kappa shape index (κ3) is 4.38. The number of Topliss-reactive ketones (excluding diaryl/α,β-unsaturated/α-hetero) is 2. The molecular weight excluding hydrogens is 360 g/mol. The summed E-state index contributed by atoms with van der Waals surface area (Å²) in [5.74, 6) is -0.0140. The normalized spacial score (nSPS) is 13.1. The van der Waals surface area contributed by atoms with Gasteiger partial charge in [0.2, 0.25) is 5.78 Å². The molecule has 4 nitrogen and oxygen atoms in total. The number of quaternary nitrogens is 1. The van der Waals surface area contributed by atoms with Gasteiger partial charge in [-0.1, -0.05) is 60.2 Å². The van der Waals surface area contributed by atoms with Crippen LogP contribution in [0.25, 0.3) is 0 Å². The predicted octanol–water partition coefficient (Wildman–Crippen LogP) is 4.07. The van der Waals surface area contributed by atoms with E-state index >= 15 is 0 Å². The largest absolute Gasteiger partial charge is 0.355 e. The maximum atomic E-state index is 13.2. The van der Waals surface area contributed by atoms with Gasteiger partial charge in [-0.3, -0.25) is 9.59 Å². The number of aromatic nitrogens is 1. The number of ketones is 2. The molecule has 2 aromatic carbocycles. The fourth-order valence-corrected chi connectivity index (χ4v) is 3.98. The monoisotopic (exact) mass is 389 g/mol. The summed E-state index contributed by atoms with van der Waals surface area (Å²) in [6, 6.07) is 18.4. The highest BCUT2D eigenvalue weighted by Gasteiger charge is 2.29. The molecule has 4 heteroatoms. The first-order valence-electron chi connectivity index (χ1n) is 10.0. The molecule has 150 valence electrons. The quantitative estimate of drug-likeness (QED) is 0.598. The second-order valence-corrected chi connectivity index (χ2v) is 7.83. The van der Waals surface area contributed by atoms with Gasteiger partial charge in [0, 0.05) is 22.4 Å². The number of H-pyrrole nitrogens is 1. The Bertz CT molecular complexity index is 1020. The summed E-state index contributed by atoms with van der Waals surface area (Å²) >= 11 is 0. The van der Waals surface area contributed by atoms with Crippen molar-refractivity contribution in [2.24, 2.45) is 0 Å². The molecule has 1 heterocycles. The molecule has 0 unspecified atom stereocenters. The van der Waals surface area contributed by atoms with Gasteiger partial charge in [-0.25, -0.2) is 0 Å². The second-order valence-electron chi connectivity index (χ2n) is 7.83. The van der Waals surface area contributed by atoms with Crippen LogP contribution >= 0.6 is 0 Å². The first-order chi connectivity index (χ1) is 13.8. The molecule has 3 N–H and O–H groups in total. The number of nitrogens with one attached hydrogen (secondary N) is 1. The molecule has 0 saturated carbocycles. The lowest BCUT2D eigenvalue weighted by Gasteiger charge is -2.20. The van der Waals surface area contributed by atoms with Gasteiger partial charge in [-0.2, -0.15) is 0 Å². The van der Waals surface area contributed by atoms with Crippen LogP contribution in [0.5, 0.6) is 0 Å². The van der Waals surface area contributed by atoms with Crippen LogP contribution < -0.4 is 5.32 Å². The zero-order valence-corrected chi connectivity index (χ0v) is 17.7. The summed E-state index contributed by atoms with van der Waals surface area (Å²) in [6.45, 7) is 9.22. The Morgan fingerprint density at radius 3 is 2.03 bits per heavy atom. The van der Waals surface area contributed by atoms with Gasteiger partial charge in [-0.15, -0.1) is 0 Å². The number of nitrogens with two attached hydrogens (primary N) is 1. The van der Waals surface area contributed by atoms with E-state index in [0.29, 0.717) is 11.3 Å². The maximum absolute atomic E-state index is 13.2. The van der Waals surface area contributed by atoms with Crippen molar-refractivity contribution >= 4 is 11.6 Å². The Labute approximate surface area is 172 Å². The van der Waals surface area contributed by atoms with Crippen molar-refractivity contribution in [2.75, 3.05) is 0 Å². The van der Waals surface area contributed by atoms with Crippen LogP contribution in [0.1, 0.15) is 68.7 Å². The molecule has 0 saturated heterocycles. The van der Waals surface area contributed by atoms with E-state index in [1.807, 2.05) is 39.0 Å². The molecule has 0 amide bonds. The van der Waals surface area contributed by atoms with E-state index in [0.717, 1.165) is 22.4 Å². The van der Waals surface area contributed by atoms with Gasteiger partial charge in [0.05, 0.1) is 5.69 Å². The SMILES string of the molecule is CC(=O)c1c(C)[nH]c(C(=O)[C@H](C)[NH2+][C@@H](c2ccccc2)c2ccc(C)cc2)c1C. The van der Waals surface area contributed by atoms with Gasteiger partial charge in [0.1, 0.15) is 12.1 Å². The number of rotatable bonds is 7. The number of carbonyl (C=O) groups excluding carboxylic acids is 2. The van der Waals surface area contributed by atoms with Gasteiger partial charge in [0.15, 0.2) is 5.78 Å². The molecular formula is C25H29N2O2+. The molecule has 1 aromatic heterocycles. The minimum Gasteiger partial charge on any atom is -0.355 e. The average Bonchev–Trinajstić information content (AvgIpc) is 3.01. The van der Waals surface area contributed by atoms with E-state index in [1.165, 1.54) is 12.5 Å². The first-order valence-corrected chi connectivity index (χ1v) is 10.0. The molecule has 0 bridgehead atoms. The number of benzene rings is 2. The van der Waals surface area contributed by atoms with E-state index in [9.17, 15) is 9.59 Å². The van der Waals surface area contributed by atoms with Crippen molar-refractivity contribution in [2.45, 2.75) is 46.7 Å². The van der Waals surface area contributed by atoms with Crippen molar-refractivity contribution in [3.63, 3.8) is 0 Å². The Balaban J connectivity index is 1.92. The van der Waals surface area contributed by atoms with Crippen molar-refractivity contribution in [3.05, 3.63) is 93.8 Å². The highest BCUT2D eigenvalue weighted by atomic mass is 16.1. The lowest BCUT2D eigenvalue weighted by Crippen LogP contribution is -2.92. The highest BCUT2D eigenvalue weighted by Crippen LogP contribution is 2.21. The average molecular weight is 390 g/mol. The smallest absolute Gasteiger partial charge is 0.235 e. The highest BCUT2D eigenvalue weighted by molar-refractivity contribution is 6.04. The van der Waals surface area contributed by atoms with E-state index in [2.05, 4.69) is 53.6 Å². The van der Waals surface area contributed by atoms with Crippen LogP contribution in [-0.4, -0.2) is 22.6 Å². The Morgan fingerprint density at radius 1 is 0.897 bits per heavy atom. The van der Waals surface area contributed by atoms with Crippen LogP contribution in [0, 0.1) is 20.8 Å². The van der Waals surface area contributed by atoms with Gasteiger partial charge in [-0.05, 0) is 40.2 Å². The summed E-state index contributed by atoms with van der Waals surface area (Å²) in [6.07, 6.45) is 0. The third-order valence-corrected chi connectivity index (χ3v) is 5.53. The van der Waals surface area contributed by atoms with Crippen molar-refractivity contribution in [1.29, 1.82) is 0 Å². The lowest BCUT2D eigenvalue weighted by molar-refractivity contribution is -0.703. The van der Waals surface area contributed by atoms with E-state index in [1.54, 1.807) is 0 Å². The topological polar surface area (TPSA) is 66.5 Å². The maximum Gasteiger partial charge on any atom is 0.235 e. The van der Waals surface area contributed by atoms with Crippen molar-refractivity contribution in [3.8, 4) is 0 Å². The van der Waals surface area contributed by atoms with Crippen LogP contribution in [-0.2, 0) is 0 Å². The van der Waals surface area contributed by atoms with Crippen LogP contribution in [0.4, 0.5) is 0 Å². The minimum absolute atomic E-state index is 0.00569. The number of hydrogen-bond acceptors (Lipinski definition) is 2. The van der Waals surface area contributed by atoms with Gasteiger partial charge < -0.3 is 10.3 Å². The zero-order valence-electron chi connectivity index (χ0n) is 17.7. The predicted molar refractivity (Wildman–Crippen MR) is 115 cm³/mol. The molecule has 29 heavy (non-hydrogen) atoms. The van der Waals surface area contributed by atoms with Crippen LogP contribution in [0.2, 0.25) is 0 Å². The second kappa shape index (κ2) is 8.58. The molecule has 3 aromatic rings.